The van der Waals surface area contributed by atoms with Crippen molar-refractivity contribution in [3.63, 3.8) is 0 Å². The zero-order chi connectivity index (χ0) is 15.2. The SMILES string of the molecule is CCCC(N)CC(=O)N1CCCC1c1cccc(OC)c1. The molecule has 4 nitrogen and oxygen atoms in total. The van der Waals surface area contributed by atoms with Crippen molar-refractivity contribution in [2.45, 2.75) is 51.1 Å². The van der Waals surface area contributed by atoms with Gasteiger partial charge in [-0.25, -0.2) is 0 Å². The number of nitrogens with two attached hydrogens (primary N) is 1. The lowest BCUT2D eigenvalue weighted by molar-refractivity contribution is -0.132. The molecule has 0 aromatic heterocycles. The van der Waals surface area contributed by atoms with Gasteiger partial charge in [0.2, 0.25) is 5.91 Å². The third-order valence-corrected chi connectivity index (χ3v) is 4.15. The number of rotatable bonds is 6. The van der Waals surface area contributed by atoms with Crippen LogP contribution in [-0.2, 0) is 4.79 Å². The van der Waals surface area contributed by atoms with Gasteiger partial charge in [-0.05, 0) is 37.0 Å². The molecule has 0 saturated carbocycles. The fraction of sp³-hybridized carbons (Fsp3) is 0.588. The number of amides is 1. The number of carbonyl (C=O) groups excluding carboxylic acids is 1. The van der Waals surface area contributed by atoms with Crippen LogP contribution in [0.4, 0.5) is 0 Å². The smallest absolute Gasteiger partial charge is 0.224 e. The van der Waals surface area contributed by atoms with Crippen molar-refractivity contribution < 1.29 is 9.53 Å². The van der Waals surface area contributed by atoms with E-state index in [1.165, 1.54) is 0 Å². The van der Waals surface area contributed by atoms with Crippen LogP contribution in [0.15, 0.2) is 24.3 Å². The highest BCUT2D eigenvalue weighted by molar-refractivity contribution is 5.77. The molecule has 2 atom stereocenters. The summed E-state index contributed by atoms with van der Waals surface area (Å²) in [5.74, 6) is 1.02. The van der Waals surface area contributed by atoms with Crippen molar-refractivity contribution in [3.8, 4) is 5.75 Å². The van der Waals surface area contributed by atoms with Crippen LogP contribution in [-0.4, -0.2) is 30.5 Å². The number of methoxy groups -OCH3 is 1. The number of hydrogen-bond acceptors (Lipinski definition) is 3. The number of likely N-dealkylation sites (tertiary alicyclic amines) is 1. The normalized spacial score (nSPS) is 19.6. The van der Waals surface area contributed by atoms with E-state index in [2.05, 4.69) is 13.0 Å². The molecule has 1 aliphatic rings. The van der Waals surface area contributed by atoms with Gasteiger partial charge in [0, 0.05) is 19.0 Å². The Bertz CT molecular complexity index is 476. The molecular formula is C17H26N2O2. The Balaban J connectivity index is 2.07. The molecule has 1 aromatic carbocycles. The molecular weight excluding hydrogens is 264 g/mol. The van der Waals surface area contributed by atoms with Crippen LogP contribution in [0.5, 0.6) is 5.75 Å². The average molecular weight is 290 g/mol. The van der Waals surface area contributed by atoms with Crippen molar-refractivity contribution in [1.82, 2.24) is 4.90 Å². The Labute approximate surface area is 127 Å². The van der Waals surface area contributed by atoms with E-state index in [0.717, 1.165) is 43.5 Å². The topological polar surface area (TPSA) is 55.6 Å². The van der Waals surface area contributed by atoms with Crippen molar-refractivity contribution in [1.29, 1.82) is 0 Å². The van der Waals surface area contributed by atoms with Crippen molar-refractivity contribution >= 4 is 5.91 Å². The van der Waals surface area contributed by atoms with Crippen molar-refractivity contribution in [3.05, 3.63) is 29.8 Å². The van der Waals surface area contributed by atoms with Gasteiger partial charge in [0.15, 0.2) is 0 Å². The summed E-state index contributed by atoms with van der Waals surface area (Å²) in [6.07, 6.45) is 4.45. The van der Waals surface area contributed by atoms with Gasteiger partial charge in [-0.2, -0.15) is 0 Å². The van der Waals surface area contributed by atoms with Gasteiger partial charge >= 0.3 is 0 Å². The summed E-state index contributed by atoms with van der Waals surface area (Å²) in [5, 5.41) is 0. The van der Waals surface area contributed by atoms with Crippen molar-refractivity contribution in [2.24, 2.45) is 5.73 Å². The minimum absolute atomic E-state index is 0.0194. The summed E-state index contributed by atoms with van der Waals surface area (Å²) in [6.45, 7) is 2.93. The van der Waals surface area contributed by atoms with Crippen LogP contribution in [0.25, 0.3) is 0 Å². The van der Waals surface area contributed by atoms with Crippen LogP contribution in [0, 0.1) is 0 Å². The second-order valence-corrected chi connectivity index (χ2v) is 5.77. The first-order chi connectivity index (χ1) is 10.2. The lowest BCUT2D eigenvalue weighted by atomic mass is 10.0. The molecule has 0 aliphatic carbocycles. The first kappa shape index (κ1) is 15.8. The van der Waals surface area contributed by atoms with Gasteiger partial charge < -0.3 is 15.4 Å². The summed E-state index contributed by atoms with van der Waals surface area (Å²) >= 11 is 0. The molecule has 116 valence electrons. The second-order valence-electron chi connectivity index (χ2n) is 5.77. The maximum atomic E-state index is 12.5. The van der Waals surface area contributed by atoms with E-state index in [1.807, 2.05) is 23.1 Å². The molecule has 0 radical (unpaired) electrons. The average Bonchev–Trinajstić information content (AvgIpc) is 2.97. The zero-order valence-corrected chi connectivity index (χ0v) is 13.0. The first-order valence-electron chi connectivity index (χ1n) is 7.84. The number of benzene rings is 1. The monoisotopic (exact) mass is 290 g/mol. The van der Waals surface area contributed by atoms with Gasteiger partial charge in [0.25, 0.3) is 0 Å². The van der Waals surface area contributed by atoms with Gasteiger partial charge in [-0.3, -0.25) is 4.79 Å². The van der Waals surface area contributed by atoms with E-state index in [1.54, 1.807) is 7.11 Å². The highest BCUT2D eigenvalue weighted by Crippen LogP contribution is 2.34. The molecule has 1 saturated heterocycles. The largest absolute Gasteiger partial charge is 0.497 e. The van der Waals surface area contributed by atoms with Gasteiger partial charge in [-0.1, -0.05) is 25.5 Å². The molecule has 21 heavy (non-hydrogen) atoms. The van der Waals surface area contributed by atoms with E-state index >= 15 is 0 Å². The maximum absolute atomic E-state index is 12.5. The molecule has 0 bridgehead atoms. The number of hydrogen-bond donors (Lipinski definition) is 1. The Hall–Kier alpha value is -1.55. The minimum Gasteiger partial charge on any atom is -0.497 e. The van der Waals surface area contributed by atoms with Gasteiger partial charge in [0.1, 0.15) is 5.75 Å². The molecule has 1 heterocycles. The standard InChI is InChI=1S/C17H26N2O2/c1-3-6-14(18)12-17(20)19-10-5-9-16(19)13-7-4-8-15(11-13)21-2/h4,7-8,11,14,16H,3,5-6,9-10,12,18H2,1-2H3. The number of carbonyl (C=O) groups is 1. The summed E-state index contributed by atoms with van der Waals surface area (Å²) in [7, 11) is 1.67. The van der Waals surface area contributed by atoms with Crippen molar-refractivity contribution in [2.75, 3.05) is 13.7 Å². The molecule has 2 N–H and O–H groups in total. The lowest BCUT2D eigenvalue weighted by Gasteiger charge is -2.26. The van der Waals surface area contributed by atoms with Crippen LogP contribution in [0.2, 0.25) is 0 Å². The summed E-state index contributed by atoms with van der Waals surface area (Å²) in [5.41, 5.74) is 7.17. The Kier molecular flexibility index (Phi) is 5.62. The fourth-order valence-corrected chi connectivity index (χ4v) is 3.07. The molecule has 1 aromatic rings. The van der Waals surface area contributed by atoms with Crippen LogP contribution < -0.4 is 10.5 Å². The highest BCUT2D eigenvalue weighted by Gasteiger charge is 2.30. The second kappa shape index (κ2) is 7.46. The molecule has 2 rings (SSSR count). The Morgan fingerprint density at radius 3 is 3.05 bits per heavy atom. The molecule has 4 heteroatoms. The van der Waals surface area contributed by atoms with E-state index in [4.69, 9.17) is 10.5 Å². The summed E-state index contributed by atoms with van der Waals surface area (Å²) in [4.78, 5) is 14.5. The third kappa shape index (κ3) is 3.97. The predicted molar refractivity (Wildman–Crippen MR) is 84.2 cm³/mol. The number of nitrogens with zero attached hydrogens (tertiary/aromatic N) is 1. The summed E-state index contributed by atoms with van der Waals surface area (Å²) in [6, 6.07) is 8.17. The molecule has 2 unspecified atom stereocenters. The quantitative estimate of drug-likeness (QED) is 0.876. The van der Waals surface area contributed by atoms with Crippen LogP contribution >= 0.6 is 0 Å². The molecule has 1 fully saturated rings. The highest BCUT2D eigenvalue weighted by atomic mass is 16.5. The molecule has 0 spiro atoms. The van der Waals surface area contributed by atoms with E-state index in [9.17, 15) is 4.79 Å². The molecule has 1 aliphatic heterocycles. The maximum Gasteiger partial charge on any atom is 0.224 e. The lowest BCUT2D eigenvalue weighted by Crippen LogP contribution is -2.35. The Morgan fingerprint density at radius 2 is 2.33 bits per heavy atom. The van der Waals surface area contributed by atoms with Crippen LogP contribution in [0.1, 0.15) is 50.6 Å². The van der Waals surface area contributed by atoms with E-state index in [-0.39, 0.29) is 18.0 Å². The first-order valence-corrected chi connectivity index (χ1v) is 7.84. The number of ether oxygens (including phenoxy) is 1. The minimum atomic E-state index is -0.0194. The van der Waals surface area contributed by atoms with E-state index in [0.29, 0.717) is 6.42 Å². The van der Waals surface area contributed by atoms with Gasteiger partial charge in [0.05, 0.1) is 13.2 Å². The summed E-state index contributed by atoms with van der Waals surface area (Å²) < 4.78 is 5.28. The third-order valence-electron chi connectivity index (χ3n) is 4.15. The van der Waals surface area contributed by atoms with Crippen LogP contribution in [0.3, 0.4) is 0 Å². The fourth-order valence-electron chi connectivity index (χ4n) is 3.07. The predicted octanol–water partition coefficient (Wildman–Crippen LogP) is 2.88. The van der Waals surface area contributed by atoms with E-state index < -0.39 is 0 Å². The molecule has 1 amide bonds. The Morgan fingerprint density at radius 1 is 1.52 bits per heavy atom. The zero-order valence-electron chi connectivity index (χ0n) is 13.0. The van der Waals surface area contributed by atoms with Gasteiger partial charge in [-0.15, -0.1) is 0 Å².